The van der Waals surface area contributed by atoms with Gasteiger partial charge in [0.15, 0.2) is 0 Å². The van der Waals surface area contributed by atoms with Gasteiger partial charge in [0.05, 0.1) is 0 Å². The molecule has 2 heterocycles. The smallest absolute Gasteiger partial charge is 0.229 e. The molecule has 1 aromatic rings. The summed E-state index contributed by atoms with van der Waals surface area (Å²) in [4.78, 5) is 19.1. The molecular formula is C16H23N3O. The third-order valence-electron chi connectivity index (χ3n) is 4.57. The van der Waals surface area contributed by atoms with Crippen LogP contribution >= 0.6 is 0 Å². The Morgan fingerprint density at radius 2 is 2.00 bits per heavy atom. The van der Waals surface area contributed by atoms with Gasteiger partial charge in [0.1, 0.15) is 0 Å². The fraction of sp³-hybridized carbons (Fsp3) is 0.625. The third-order valence-corrected chi connectivity index (χ3v) is 4.57. The van der Waals surface area contributed by atoms with E-state index >= 15 is 0 Å². The minimum absolute atomic E-state index is 0.180. The highest BCUT2D eigenvalue weighted by Crippen LogP contribution is 2.36. The van der Waals surface area contributed by atoms with E-state index in [0.29, 0.717) is 11.9 Å². The number of carbonyl (C=O) groups excluding carboxylic acids is 1. The lowest BCUT2D eigenvalue weighted by Gasteiger charge is -2.37. The summed E-state index contributed by atoms with van der Waals surface area (Å²) < 4.78 is 0. The zero-order valence-corrected chi connectivity index (χ0v) is 12.1. The van der Waals surface area contributed by atoms with Crippen LogP contribution in [0.3, 0.4) is 0 Å². The lowest BCUT2D eigenvalue weighted by molar-refractivity contribution is -0.144. The van der Waals surface area contributed by atoms with Crippen molar-refractivity contribution >= 4 is 5.91 Å². The van der Waals surface area contributed by atoms with Crippen LogP contribution in [0.25, 0.3) is 0 Å². The summed E-state index contributed by atoms with van der Waals surface area (Å²) in [5.41, 5.74) is 0.999. The predicted octanol–water partition coefficient (Wildman–Crippen LogP) is 1.96. The monoisotopic (exact) mass is 273 g/mol. The number of carbonyl (C=O) groups is 1. The molecule has 1 aromatic heterocycles. The molecule has 4 heteroatoms. The number of nitrogens with one attached hydrogen (secondary N) is 1. The highest BCUT2D eigenvalue weighted by Gasteiger charge is 2.42. The molecule has 0 aromatic carbocycles. The van der Waals surface area contributed by atoms with E-state index in [4.69, 9.17) is 0 Å². The summed E-state index contributed by atoms with van der Waals surface area (Å²) in [5, 5.41) is 3.35. The fourth-order valence-corrected chi connectivity index (χ4v) is 2.98. The molecule has 0 spiro atoms. The first-order valence-corrected chi connectivity index (χ1v) is 7.60. The molecule has 1 aliphatic heterocycles. The average Bonchev–Trinajstić information content (AvgIpc) is 3.30. The Morgan fingerprint density at radius 3 is 2.60 bits per heavy atom. The lowest BCUT2D eigenvalue weighted by atomic mass is 9.79. The lowest BCUT2D eigenvalue weighted by Crippen LogP contribution is -2.48. The van der Waals surface area contributed by atoms with Gasteiger partial charge in [-0.05, 0) is 56.5 Å². The van der Waals surface area contributed by atoms with Crippen LogP contribution in [0.1, 0.15) is 38.2 Å². The van der Waals surface area contributed by atoms with E-state index in [-0.39, 0.29) is 5.41 Å². The Kier molecular flexibility index (Phi) is 3.74. The number of piperidine rings is 1. The number of hydrogen-bond acceptors (Lipinski definition) is 3. The number of nitrogens with zero attached hydrogens (tertiary/aromatic N) is 2. The Labute approximate surface area is 120 Å². The van der Waals surface area contributed by atoms with Crippen LogP contribution in [-0.4, -0.2) is 34.9 Å². The van der Waals surface area contributed by atoms with E-state index in [2.05, 4.69) is 22.1 Å². The van der Waals surface area contributed by atoms with Gasteiger partial charge in [-0.3, -0.25) is 9.78 Å². The quantitative estimate of drug-likeness (QED) is 0.912. The van der Waals surface area contributed by atoms with E-state index in [9.17, 15) is 4.79 Å². The molecule has 4 nitrogen and oxygen atoms in total. The maximum atomic E-state index is 13.0. The van der Waals surface area contributed by atoms with E-state index in [1.54, 1.807) is 12.4 Å². The van der Waals surface area contributed by atoms with Crippen molar-refractivity contribution in [3.8, 4) is 0 Å². The predicted molar refractivity (Wildman–Crippen MR) is 78.0 cm³/mol. The standard InChI is InChI=1S/C16H23N3O/c1-16(6-10-18-11-7-16)15(20)19(14-2-3-14)12-13-4-8-17-9-5-13/h4-5,8-9,14,18H,2-3,6-7,10-12H2,1H3. The zero-order valence-electron chi connectivity index (χ0n) is 12.1. The third kappa shape index (κ3) is 2.85. The average molecular weight is 273 g/mol. The highest BCUT2D eigenvalue weighted by atomic mass is 16.2. The normalized spacial score (nSPS) is 21.4. The molecule has 1 saturated carbocycles. The molecule has 0 bridgehead atoms. The van der Waals surface area contributed by atoms with Crippen molar-refractivity contribution in [3.63, 3.8) is 0 Å². The number of aromatic nitrogens is 1. The van der Waals surface area contributed by atoms with Crippen LogP contribution in [0.15, 0.2) is 24.5 Å². The Morgan fingerprint density at radius 1 is 1.35 bits per heavy atom. The molecule has 1 amide bonds. The minimum atomic E-state index is -0.180. The van der Waals surface area contributed by atoms with Crippen LogP contribution in [0.4, 0.5) is 0 Å². The van der Waals surface area contributed by atoms with E-state index < -0.39 is 0 Å². The molecule has 0 radical (unpaired) electrons. The Bertz CT molecular complexity index is 464. The van der Waals surface area contributed by atoms with Gasteiger partial charge in [0.25, 0.3) is 0 Å². The molecule has 2 fully saturated rings. The second kappa shape index (κ2) is 5.52. The van der Waals surface area contributed by atoms with Crippen LogP contribution in [0, 0.1) is 5.41 Å². The van der Waals surface area contributed by atoms with E-state index in [1.165, 1.54) is 5.56 Å². The number of amides is 1. The van der Waals surface area contributed by atoms with Crippen molar-refractivity contribution in [3.05, 3.63) is 30.1 Å². The number of rotatable bonds is 4. The van der Waals surface area contributed by atoms with Gasteiger partial charge < -0.3 is 10.2 Å². The molecule has 2 aliphatic rings. The summed E-state index contributed by atoms with van der Waals surface area (Å²) in [5.74, 6) is 0.346. The minimum Gasteiger partial charge on any atom is -0.335 e. The van der Waals surface area contributed by atoms with Crippen molar-refractivity contribution in [2.45, 2.75) is 45.2 Å². The van der Waals surface area contributed by atoms with Gasteiger partial charge in [-0.25, -0.2) is 0 Å². The summed E-state index contributed by atoms with van der Waals surface area (Å²) >= 11 is 0. The highest BCUT2D eigenvalue weighted by molar-refractivity contribution is 5.83. The Hall–Kier alpha value is -1.42. The van der Waals surface area contributed by atoms with Crippen molar-refractivity contribution < 1.29 is 4.79 Å². The van der Waals surface area contributed by atoms with Gasteiger partial charge >= 0.3 is 0 Å². The first-order valence-electron chi connectivity index (χ1n) is 7.60. The molecule has 108 valence electrons. The maximum Gasteiger partial charge on any atom is 0.229 e. The van der Waals surface area contributed by atoms with Crippen molar-refractivity contribution in [2.24, 2.45) is 5.41 Å². The molecule has 1 N–H and O–H groups in total. The number of hydrogen-bond donors (Lipinski definition) is 1. The molecule has 20 heavy (non-hydrogen) atoms. The van der Waals surface area contributed by atoms with E-state index in [0.717, 1.165) is 45.3 Å². The number of pyridine rings is 1. The van der Waals surface area contributed by atoms with Crippen LogP contribution < -0.4 is 5.32 Å². The molecule has 3 rings (SSSR count). The van der Waals surface area contributed by atoms with Crippen LogP contribution in [0.5, 0.6) is 0 Å². The van der Waals surface area contributed by atoms with Crippen molar-refractivity contribution in [1.82, 2.24) is 15.2 Å². The van der Waals surface area contributed by atoms with Crippen molar-refractivity contribution in [1.29, 1.82) is 0 Å². The largest absolute Gasteiger partial charge is 0.335 e. The maximum absolute atomic E-state index is 13.0. The van der Waals surface area contributed by atoms with Gasteiger partial charge in [-0.15, -0.1) is 0 Å². The second-order valence-electron chi connectivity index (χ2n) is 6.33. The second-order valence-corrected chi connectivity index (χ2v) is 6.33. The van der Waals surface area contributed by atoms with Crippen LogP contribution in [-0.2, 0) is 11.3 Å². The first kappa shape index (κ1) is 13.6. The molecule has 1 saturated heterocycles. The first-order chi connectivity index (χ1) is 9.69. The Balaban J connectivity index is 1.75. The molecule has 1 aliphatic carbocycles. The summed E-state index contributed by atoms with van der Waals surface area (Å²) in [6.45, 7) is 4.78. The van der Waals surface area contributed by atoms with Gasteiger partial charge in [0, 0.05) is 30.4 Å². The SMILES string of the molecule is CC1(C(=O)N(Cc2ccncc2)C2CC2)CCNCC1. The summed E-state index contributed by atoms with van der Waals surface area (Å²) in [6, 6.07) is 4.48. The molecule has 0 unspecified atom stereocenters. The van der Waals surface area contributed by atoms with Gasteiger partial charge in [-0.2, -0.15) is 0 Å². The fourth-order valence-electron chi connectivity index (χ4n) is 2.98. The summed E-state index contributed by atoms with van der Waals surface area (Å²) in [7, 11) is 0. The molecule has 0 atom stereocenters. The van der Waals surface area contributed by atoms with Crippen LogP contribution in [0.2, 0.25) is 0 Å². The zero-order chi connectivity index (χ0) is 14.0. The van der Waals surface area contributed by atoms with Crippen molar-refractivity contribution in [2.75, 3.05) is 13.1 Å². The molecular weight excluding hydrogens is 250 g/mol. The van der Waals surface area contributed by atoms with Gasteiger partial charge in [0.2, 0.25) is 5.91 Å². The van der Waals surface area contributed by atoms with Gasteiger partial charge in [-0.1, -0.05) is 6.92 Å². The van der Waals surface area contributed by atoms with E-state index in [1.807, 2.05) is 12.1 Å². The topological polar surface area (TPSA) is 45.2 Å². The summed E-state index contributed by atoms with van der Waals surface area (Å²) in [6.07, 6.45) is 7.82.